The Morgan fingerprint density at radius 1 is 0.930 bits per heavy atom. The van der Waals surface area contributed by atoms with Crippen LogP contribution in [0.15, 0.2) is 97.6 Å². The van der Waals surface area contributed by atoms with E-state index in [9.17, 15) is 9.90 Å². The summed E-state index contributed by atoms with van der Waals surface area (Å²) in [5, 5.41) is 13.6. The minimum absolute atomic E-state index is 0.112. The quantitative estimate of drug-likeness (QED) is 0.181. The van der Waals surface area contributed by atoms with E-state index < -0.39 is 44.8 Å². The Morgan fingerprint density at radius 3 is 2.00 bits per heavy atom. The van der Waals surface area contributed by atoms with E-state index in [-0.39, 0.29) is 18.3 Å². The molecule has 0 radical (unpaired) electrons. The number of aliphatic hydroxyl groups excluding tert-OH is 1. The summed E-state index contributed by atoms with van der Waals surface area (Å²) in [6.45, 7) is 12.2. The van der Waals surface area contributed by atoms with Crippen molar-refractivity contribution >= 4 is 24.7 Å². The normalized spacial score (nSPS) is 22.5. The van der Waals surface area contributed by atoms with Gasteiger partial charge in [-0.3, -0.25) is 4.79 Å². The molecule has 7 nitrogen and oxygen atoms in total. The topological polar surface area (TPSA) is 83.5 Å². The largest absolute Gasteiger partial charge is 0.497 e. The lowest BCUT2D eigenvalue weighted by molar-refractivity contribution is -0.249. The van der Waals surface area contributed by atoms with Crippen LogP contribution in [0, 0.1) is 0 Å². The highest BCUT2D eigenvalue weighted by molar-refractivity contribution is 6.99. The van der Waals surface area contributed by atoms with Crippen LogP contribution in [0.2, 0.25) is 5.04 Å². The molecule has 3 aromatic rings. The van der Waals surface area contributed by atoms with E-state index in [0.29, 0.717) is 6.42 Å². The van der Waals surface area contributed by atoms with Crippen molar-refractivity contribution < 1.29 is 33.3 Å². The SMILES string of the molecule is C=CC[C@H]1O[C@H](CO[Si](c2ccccc2)(c2ccccc2)C(C)(C)C)[C@H](OC(C)=O)[C@H](O)[C@H]1OCc1ccc(OC)cc1. The summed E-state index contributed by atoms with van der Waals surface area (Å²) in [5.74, 6) is 0.229. The third-order valence-electron chi connectivity index (χ3n) is 7.94. The third-order valence-corrected chi connectivity index (χ3v) is 12.9. The summed E-state index contributed by atoms with van der Waals surface area (Å²) in [7, 11) is -1.30. The summed E-state index contributed by atoms with van der Waals surface area (Å²) < 4.78 is 30.9. The molecular formula is C35H44O7Si. The molecule has 230 valence electrons. The van der Waals surface area contributed by atoms with E-state index in [0.717, 1.165) is 21.7 Å². The molecule has 1 N–H and O–H groups in total. The van der Waals surface area contributed by atoms with Gasteiger partial charge in [0, 0.05) is 6.92 Å². The van der Waals surface area contributed by atoms with E-state index in [1.54, 1.807) is 13.2 Å². The minimum Gasteiger partial charge on any atom is -0.497 e. The highest BCUT2D eigenvalue weighted by Gasteiger charge is 2.53. The van der Waals surface area contributed by atoms with E-state index in [1.807, 2.05) is 60.7 Å². The van der Waals surface area contributed by atoms with Gasteiger partial charge in [0.1, 0.15) is 24.1 Å². The van der Waals surface area contributed by atoms with Gasteiger partial charge in [-0.1, -0.05) is 99.6 Å². The molecule has 1 aliphatic rings. The van der Waals surface area contributed by atoms with Crippen molar-refractivity contribution in [2.24, 2.45) is 0 Å². The molecule has 1 heterocycles. The number of hydrogen-bond donors (Lipinski definition) is 1. The molecule has 0 aromatic heterocycles. The molecule has 1 saturated heterocycles. The number of carbonyl (C=O) groups excluding carboxylic acids is 1. The molecule has 0 saturated carbocycles. The summed E-state index contributed by atoms with van der Waals surface area (Å²) >= 11 is 0. The second-order valence-corrected chi connectivity index (χ2v) is 16.2. The molecule has 0 spiro atoms. The minimum atomic E-state index is -2.91. The summed E-state index contributed by atoms with van der Waals surface area (Å²) in [4.78, 5) is 12.3. The van der Waals surface area contributed by atoms with Gasteiger partial charge in [-0.05, 0) is 39.5 Å². The van der Waals surface area contributed by atoms with Gasteiger partial charge < -0.3 is 28.5 Å². The monoisotopic (exact) mass is 604 g/mol. The summed E-state index contributed by atoms with van der Waals surface area (Å²) in [6.07, 6.45) is -1.96. The van der Waals surface area contributed by atoms with E-state index in [1.165, 1.54) is 6.92 Å². The smallest absolute Gasteiger partial charge is 0.303 e. The van der Waals surface area contributed by atoms with Gasteiger partial charge in [0.2, 0.25) is 0 Å². The lowest BCUT2D eigenvalue weighted by Crippen LogP contribution is -2.68. The van der Waals surface area contributed by atoms with E-state index in [4.69, 9.17) is 23.4 Å². The number of carbonyl (C=O) groups is 1. The summed E-state index contributed by atoms with van der Waals surface area (Å²) in [6, 6.07) is 28.1. The molecule has 5 atom stereocenters. The Hall–Kier alpha value is -3.27. The van der Waals surface area contributed by atoms with Crippen LogP contribution in [0.4, 0.5) is 0 Å². The number of aliphatic hydroxyl groups is 1. The lowest BCUT2D eigenvalue weighted by Gasteiger charge is -2.47. The Bertz CT molecular complexity index is 1270. The van der Waals surface area contributed by atoms with Gasteiger partial charge >= 0.3 is 5.97 Å². The molecule has 43 heavy (non-hydrogen) atoms. The lowest BCUT2D eigenvalue weighted by atomic mass is 9.93. The molecule has 0 amide bonds. The van der Waals surface area contributed by atoms with Crippen LogP contribution in [-0.4, -0.2) is 63.6 Å². The van der Waals surface area contributed by atoms with Gasteiger partial charge in [0.15, 0.2) is 6.10 Å². The zero-order valence-electron chi connectivity index (χ0n) is 25.8. The van der Waals surface area contributed by atoms with Gasteiger partial charge in [0.05, 0.1) is 26.4 Å². The highest BCUT2D eigenvalue weighted by atomic mass is 28.4. The zero-order chi connectivity index (χ0) is 31.0. The Morgan fingerprint density at radius 2 is 1.51 bits per heavy atom. The molecule has 0 bridgehead atoms. The second kappa shape index (κ2) is 14.5. The zero-order valence-corrected chi connectivity index (χ0v) is 26.8. The van der Waals surface area contributed by atoms with Crippen molar-refractivity contribution in [1.29, 1.82) is 0 Å². The molecule has 3 aromatic carbocycles. The fraction of sp³-hybridized carbons (Fsp3) is 0.400. The predicted octanol–water partition coefficient (Wildman–Crippen LogP) is 4.79. The van der Waals surface area contributed by atoms with Gasteiger partial charge in [-0.25, -0.2) is 0 Å². The first kappa shape index (κ1) is 32.6. The first-order valence-corrected chi connectivity index (χ1v) is 16.6. The van der Waals surface area contributed by atoms with Crippen LogP contribution < -0.4 is 15.1 Å². The van der Waals surface area contributed by atoms with Crippen LogP contribution in [0.3, 0.4) is 0 Å². The molecule has 1 fully saturated rings. The van der Waals surface area contributed by atoms with Crippen LogP contribution in [-0.2, 0) is 30.0 Å². The molecule has 0 unspecified atom stereocenters. The van der Waals surface area contributed by atoms with Crippen molar-refractivity contribution in [2.75, 3.05) is 13.7 Å². The molecule has 4 rings (SSSR count). The highest BCUT2D eigenvalue weighted by Crippen LogP contribution is 2.38. The Balaban J connectivity index is 1.65. The van der Waals surface area contributed by atoms with E-state index in [2.05, 4.69) is 51.6 Å². The first-order valence-electron chi connectivity index (χ1n) is 14.7. The van der Waals surface area contributed by atoms with Crippen molar-refractivity contribution in [1.82, 2.24) is 0 Å². The van der Waals surface area contributed by atoms with Gasteiger partial charge in [-0.2, -0.15) is 0 Å². The number of methoxy groups -OCH3 is 1. The Kier molecular flexibility index (Phi) is 11.0. The van der Waals surface area contributed by atoms with Crippen LogP contribution in [0.5, 0.6) is 5.75 Å². The van der Waals surface area contributed by atoms with Crippen molar-refractivity contribution in [2.45, 2.75) is 76.3 Å². The maximum absolute atomic E-state index is 12.3. The molecule has 0 aliphatic carbocycles. The van der Waals surface area contributed by atoms with Crippen LogP contribution >= 0.6 is 0 Å². The average Bonchev–Trinajstić information content (AvgIpc) is 2.99. The Labute approximate surface area is 256 Å². The maximum Gasteiger partial charge on any atom is 0.303 e. The van der Waals surface area contributed by atoms with Crippen LogP contribution in [0.1, 0.15) is 39.7 Å². The fourth-order valence-electron chi connectivity index (χ4n) is 5.92. The second-order valence-electron chi connectivity index (χ2n) is 11.9. The molecular weight excluding hydrogens is 560 g/mol. The third kappa shape index (κ3) is 7.45. The fourth-order valence-corrected chi connectivity index (χ4v) is 10.5. The van der Waals surface area contributed by atoms with Crippen molar-refractivity contribution in [3.63, 3.8) is 0 Å². The number of ether oxygens (including phenoxy) is 4. The average molecular weight is 605 g/mol. The molecule has 8 heteroatoms. The summed E-state index contributed by atoms with van der Waals surface area (Å²) in [5.41, 5.74) is 0.909. The standard InChI is InChI=1S/C35H44O7Si/c1-7-14-30-33(39-23-26-19-21-27(38-6)22-20-26)32(37)34(41-25(2)36)31(42-30)24-40-43(35(3,4)5,28-15-10-8-11-16-28)29-17-12-9-13-18-29/h7-13,15-22,30-34,37H,1,14,23-24H2,2-6H3/t30-,31-,32-,33+,34+/m1/s1. The van der Waals surface area contributed by atoms with Crippen molar-refractivity contribution in [3.8, 4) is 5.75 Å². The number of esters is 1. The number of rotatable bonds is 12. The van der Waals surface area contributed by atoms with Gasteiger partial charge in [0.25, 0.3) is 8.32 Å². The van der Waals surface area contributed by atoms with Crippen molar-refractivity contribution in [3.05, 3.63) is 103 Å². The first-order chi connectivity index (χ1) is 20.6. The van der Waals surface area contributed by atoms with E-state index >= 15 is 0 Å². The molecule has 1 aliphatic heterocycles. The maximum atomic E-state index is 12.3. The number of hydrogen-bond acceptors (Lipinski definition) is 7. The predicted molar refractivity (Wildman–Crippen MR) is 170 cm³/mol. The number of benzene rings is 3. The van der Waals surface area contributed by atoms with Crippen LogP contribution in [0.25, 0.3) is 0 Å². The van der Waals surface area contributed by atoms with Gasteiger partial charge in [-0.15, -0.1) is 6.58 Å².